The van der Waals surface area contributed by atoms with E-state index in [-0.39, 0.29) is 0 Å². The first-order valence-electron chi connectivity index (χ1n) is 8.36. The Bertz CT molecular complexity index is 866. The Kier molecular flexibility index (Phi) is 6.36. The number of aromatic nitrogens is 1. The summed E-state index contributed by atoms with van der Waals surface area (Å²) >= 11 is 9.16. The summed E-state index contributed by atoms with van der Waals surface area (Å²) in [4.78, 5) is 6.37. The van der Waals surface area contributed by atoms with Crippen molar-refractivity contribution in [1.82, 2.24) is 9.88 Å². The van der Waals surface area contributed by atoms with Crippen molar-refractivity contribution in [2.24, 2.45) is 0 Å². The Balaban J connectivity index is 1.79. The van der Waals surface area contributed by atoms with Crippen LogP contribution in [0.25, 0.3) is 0 Å². The molecule has 132 valence electrons. The van der Waals surface area contributed by atoms with E-state index in [1.165, 1.54) is 11.1 Å². The van der Waals surface area contributed by atoms with Gasteiger partial charge < -0.3 is 10.2 Å². The van der Waals surface area contributed by atoms with Crippen molar-refractivity contribution in [2.75, 3.05) is 5.32 Å². The van der Waals surface area contributed by atoms with Crippen LogP contribution in [-0.2, 0) is 13.1 Å². The molecule has 0 aliphatic heterocycles. The van der Waals surface area contributed by atoms with E-state index >= 15 is 0 Å². The van der Waals surface area contributed by atoms with Crippen molar-refractivity contribution >= 4 is 38.9 Å². The SMILES string of the molecule is Cc1cccc(CN(Cc2cccnc2)C(=S)Nc2ccc(Br)cc2)c1. The van der Waals surface area contributed by atoms with Gasteiger partial charge in [-0.2, -0.15) is 0 Å². The maximum absolute atomic E-state index is 5.70. The average molecular weight is 426 g/mol. The molecule has 0 saturated carbocycles. The summed E-state index contributed by atoms with van der Waals surface area (Å²) in [5.41, 5.74) is 4.57. The van der Waals surface area contributed by atoms with Crippen molar-refractivity contribution in [3.05, 3.63) is 94.2 Å². The van der Waals surface area contributed by atoms with Crippen molar-refractivity contribution in [1.29, 1.82) is 0 Å². The fourth-order valence-corrected chi connectivity index (χ4v) is 3.19. The molecule has 0 bridgehead atoms. The van der Waals surface area contributed by atoms with Crippen molar-refractivity contribution in [3.8, 4) is 0 Å². The zero-order chi connectivity index (χ0) is 18.4. The molecule has 1 aromatic heterocycles. The highest BCUT2D eigenvalue weighted by molar-refractivity contribution is 9.10. The predicted octanol–water partition coefficient (Wildman–Crippen LogP) is 5.55. The van der Waals surface area contributed by atoms with Crippen LogP contribution in [0.2, 0.25) is 0 Å². The van der Waals surface area contributed by atoms with Gasteiger partial charge in [0.15, 0.2) is 5.11 Å². The first kappa shape index (κ1) is 18.5. The third-order valence-corrected chi connectivity index (χ3v) is 4.82. The van der Waals surface area contributed by atoms with E-state index < -0.39 is 0 Å². The second-order valence-electron chi connectivity index (χ2n) is 6.14. The molecular weight excluding hydrogens is 406 g/mol. The molecule has 3 rings (SSSR count). The number of hydrogen-bond donors (Lipinski definition) is 1. The summed E-state index contributed by atoms with van der Waals surface area (Å²) in [5, 5.41) is 4.03. The lowest BCUT2D eigenvalue weighted by molar-refractivity contribution is 0.412. The topological polar surface area (TPSA) is 28.2 Å². The van der Waals surface area contributed by atoms with Crippen LogP contribution in [0.1, 0.15) is 16.7 Å². The highest BCUT2D eigenvalue weighted by Crippen LogP contribution is 2.17. The minimum absolute atomic E-state index is 0.692. The second-order valence-corrected chi connectivity index (χ2v) is 7.45. The maximum atomic E-state index is 5.70. The minimum atomic E-state index is 0.692. The molecule has 26 heavy (non-hydrogen) atoms. The number of rotatable bonds is 5. The van der Waals surface area contributed by atoms with Gasteiger partial charge in [-0.25, -0.2) is 0 Å². The van der Waals surface area contributed by atoms with Gasteiger partial charge in [0.05, 0.1) is 0 Å². The van der Waals surface area contributed by atoms with Gasteiger partial charge in [-0.15, -0.1) is 0 Å². The van der Waals surface area contributed by atoms with Gasteiger partial charge in [0.1, 0.15) is 0 Å². The van der Waals surface area contributed by atoms with Crippen molar-refractivity contribution < 1.29 is 0 Å². The summed E-state index contributed by atoms with van der Waals surface area (Å²) in [6.45, 7) is 3.54. The maximum Gasteiger partial charge on any atom is 0.174 e. The largest absolute Gasteiger partial charge is 0.340 e. The van der Waals surface area contributed by atoms with Crippen LogP contribution in [0.15, 0.2) is 77.5 Å². The van der Waals surface area contributed by atoms with Gasteiger partial charge in [-0.3, -0.25) is 4.98 Å². The van der Waals surface area contributed by atoms with E-state index in [0.717, 1.165) is 22.3 Å². The van der Waals surface area contributed by atoms with Crippen molar-refractivity contribution in [3.63, 3.8) is 0 Å². The van der Waals surface area contributed by atoms with Gasteiger partial charge in [0.25, 0.3) is 0 Å². The standard InChI is InChI=1S/C21H20BrN3S/c1-16-4-2-5-17(12-16)14-25(15-18-6-3-11-23-13-18)21(26)24-20-9-7-19(22)8-10-20/h2-13H,14-15H2,1H3,(H,24,26). The van der Waals surface area contributed by atoms with E-state index in [0.29, 0.717) is 11.7 Å². The van der Waals surface area contributed by atoms with Crippen LogP contribution in [0.3, 0.4) is 0 Å². The molecule has 0 amide bonds. The van der Waals surface area contributed by atoms with Gasteiger partial charge in [0.2, 0.25) is 0 Å². The molecule has 0 aliphatic rings. The predicted molar refractivity (Wildman–Crippen MR) is 115 cm³/mol. The molecular formula is C21H20BrN3S. The molecule has 0 radical (unpaired) electrons. The van der Waals surface area contributed by atoms with Crippen LogP contribution in [0.5, 0.6) is 0 Å². The lowest BCUT2D eigenvalue weighted by Gasteiger charge is -2.26. The third kappa shape index (κ3) is 5.38. The zero-order valence-corrected chi connectivity index (χ0v) is 16.9. The molecule has 3 nitrogen and oxygen atoms in total. The highest BCUT2D eigenvalue weighted by atomic mass is 79.9. The number of anilines is 1. The molecule has 0 atom stereocenters. The number of benzene rings is 2. The van der Waals surface area contributed by atoms with E-state index in [4.69, 9.17) is 12.2 Å². The number of hydrogen-bond acceptors (Lipinski definition) is 2. The van der Waals surface area contributed by atoms with Crippen LogP contribution >= 0.6 is 28.1 Å². The van der Waals surface area contributed by atoms with Crippen LogP contribution < -0.4 is 5.32 Å². The number of thiocarbonyl (C=S) groups is 1. The highest BCUT2D eigenvalue weighted by Gasteiger charge is 2.12. The molecule has 1 heterocycles. The molecule has 1 N–H and O–H groups in total. The Labute approximate surface area is 168 Å². The van der Waals surface area contributed by atoms with Crippen molar-refractivity contribution in [2.45, 2.75) is 20.0 Å². The quantitative estimate of drug-likeness (QED) is 0.542. The van der Waals surface area contributed by atoms with E-state index in [1.54, 1.807) is 6.20 Å². The minimum Gasteiger partial charge on any atom is -0.340 e. The summed E-state index contributed by atoms with van der Waals surface area (Å²) < 4.78 is 1.04. The zero-order valence-electron chi connectivity index (χ0n) is 14.5. The van der Waals surface area contributed by atoms with Crippen LogP contribution in [0, 0.1) is 6.92 Å². The van der Waals surface area contributed by atoms with E-state index in [2.05, 4.69) is 68.4 Å². The first-order chi connectivity index (χ1) is 12.6. The fourth-order valence-electron chi connectivity index (χ4n) is 2.68. The molecule has 0 spiro atoms. The molecule has 5 heteroatoms. The molecule has 0 fully saturated rings. The Morgan fingerprint density at radius 3 is 2.46 bits per heavy atom. The Hall–Kier alpha value is -2.24. The Morgan fingerprint density at radius 1 is 1.04 bits per heavy atom. The number of halogens is 1. The van der Waals surface area contributed by atoms with Gasteiger partial charge in [-0.1, -0.05) is 51.8 Å². The normalized spacial score (nSPS) is 10.4. The molecule has 0 saturated heterocycles. The van der Waals surface area contributed by atoms with Gasteiger partial charge in [-0.05, 0) is 60.6 Å². The summed E-state index contributed by atoms with van der Waals surface area (Å²) in [5.74, 6) is 0. The fraction of sp³-hybridized carbons (Fsp3) is 0.143. The number of aryl methyl sites for hydroxylation is 1. The third-order valence-electron chi connectivity index (χ3n) is 3.93. The number of nitrogens with one attached hydrogen (secondary N) is 1. The van der Waals surface area contributed by atoms with E-state index in [1.807, 2.05) is 36.5 Å². The van der Waals surface area contributed by atoms with Crippen LogP contribution in [-0.4, -0.2) is 15.0 Å². The number of pyridine rings is 1. The summed E-state index contributed by atoms with van der Waals surface area (Å²) in [6, 6.07) is 20.5. The van der Waals surface area contributed by atoms with E-state index in [9.17, 15) is 0 Å². The first-order valence-corrected chi connectivity index (χ1v) is 9.56. The van der Waals surface area contributed by atoms with Gasteiger partial charge >= 0.3 is 0 Å². The lowest BCUT2D eigenvalue weighted by Crippen LogP contribution is -2.33. The average Bonchev–Trinajstić information content (AvgIpc) is 2.64. The Morgan fingerprint density at radius 2 is 1.77 bits per heavy atom. The monoisotopic (exact) mass is 425 g/mol. The number of nitrogens with zero attached hydrogens (tertiary/aromatic N) is 2. The summed E-state index contributed by atoms with van der Waals surface area (Å²) in [7, 11) is 0. The van der Waals surface area contributed by atoms with Gasteiger partial charge in [0, 0.05) is 35.6 Å². The lowest BCUT2D eigenvalue weighted by atomic mass is 10.1. The smallest absolute Gasteiger partial charge is 0.174 e. The molecule has 3 aromatic rings. The molecule has 0 unspecified atom stereocenters. The summed E-state index contributed by atoms with van der Waals surface area (Å²) in [6.07, 6.45) is 3.66. The van der Waals surface area contributed by atoms with Crippen LogP contribution in [0.4, 0.5) is 5.69 Å². The molecule has 0 aliphatic carbocycles. The molecule has 2 aromatic carbocycles. The second kappa shape index (κ2) is 8.92.